The smallest absolute Gasteiger partial charge is 0.242 e. The van der Waals surface area contributed by atoms with Gasteiger partial charge >= 0.3 is 0 Å². The van der Waals surface area contributed by atoms with Gasteiger partial charge in [-0.25, -0.2) is 17.9 Å². The standard InChI is InChI=1S/C21H28F3N5.C2H6/c1-13-5-6-19(16(7-13)8-20(23)24)29-10-14(2)21(27-29)26-15(3)25-18-9-17(22)11-28(4)12-18;1-2/h5-7,10,17-18,20H,8-9,11-12H2,1-4H3,(H,25,26,27);1-2H3/t17-,18?;/m1./s1. The van der Waals surface area contributed by atoms with E-state index in [1.807, 2.05) is 58.7 Å². The number of amidine groups is 1. The van der Waals surface area contributed by atoms with Crippen molar-refractivity contribution in [1.82, 2.24) is 14.7 Å². The first-order valence-corrected chi connectivity index (χ1v) is 10.8. The third-order valence-electron chi connectivity index (χ3n) is 4.99. The Kier molecular flexibility index (Phi) is 9.10. The van der Waals surface area contributed by atoms with Crippen LogP contribution in [0.3, 0.4) is 0 Å². The molecule has 2 atom stereocenters. The van der Waals surface area contributed by atoms with E-state index in [4.69, 9.17) is 0 Å². The maximum absolute atomic E-state index is 13.8. The average molecular weight is 438 g/mol. The summed E-state index contributed by atoms with van der Waals surface area (Å²) in [7, 11) is 1.89. The number of hydrogen-bond donors (Lipinski definition) is 1. The summed E-state index contributed by atoms with van der Waals surface area (Å²) >= 11 is 0. The zero-order valence-electron chi connectivity index (χ0n) is 19.3. The van der Waals surface area contributed by atoms with E-state index in [0.29, 0.717) is 42.4 Å². The molecule has 0 aliphatic carbocycles. The summed E-state index contributed by atoms with van der Waals surface area (Å²) in [5, 5.41) is 7.71. The van der Waals surface area contributed by atoms with Gasteiger partial charge in [0.05, 0.1) is 17.6 Å². The van der Waals surface area contributed by atoms with Crippen molar-refractivity contribution in [3.05, 3.63) is 41.1 Å². The quantitative estimate of drug-likeness (QED) is 0.517. The summed E-state index contributed by atoms with van der Waals surface area (Å²) in [5.74, 6) is 1.26. The van der Waals surface area contributed by atoms with Gasteiger partial charge in [0.2, 0.25) is 6.43 Å². The second-order valence-electron chi connectivity index (χ2n) is 7.88. The number of rotatable bonds is 5. The second kappa shape index (κ2) is 11.3. The second-order valence-corrected chi connectivity index (χ2v) is 7.88. The molecule has 0 saturated carbocycles. The molecule has 8 heteroatoms. The Morgan fingerprint density at radius 2 is 1.97 bits per heavy atom. The molecule has 0 bridgehead atoms. The molecule has 0 spiro atoms. The third-order valence-corrected chi connectivity index (χ3v) is 4.99. The van der Waals surface area contributed by atoms with E-state index in [0.717, 1.165) is 11.1 Å². The number of benzene rings is 1. The van der Waals surface area contributed by atoms with E-state index in [1.54, 1.807) is 16.9 Å². The fourth-order valence-corrected chi connectivity index (χ4v) is 3.76. The molecule has 0 radical (unpaired) electrons. The minimum absolute atomic E-state index is 0.103. The summed E-state index contributed by atoms with van der Waals surface area (Å²) in [4.78, 5) is 6.54. The maximum atomic E-state index is 13.8. The van der Waals surface area contributed by atoms with Crippen LogP contribution >= 0.6 is 0 Å². The number of nitrogens with zero attached hydrogens (tertiary/aromatic N) is 4. The SMILES string of the molecule is CC.CC(=NC1C[C@@H](F)CN(C)C1)Nc1nn(-c2ccc(C)cc2CC(F)F)cc1C. The molecule has 0 amide bonds. The number of hydrogen-bond acceptors (Lipinski definition) is 3. The van der Waals surface area contributed by atoms with Gasteiger partial charge in [-0.15, -0.1) is 5.10 Å². The van der Waals surface area contributed by atoms with Crippen molar-refractivity contribution in [3.63, 3.8) is 0 Å². The van der Waals surface area contributed by atoms with Crippen molar-refractivity contribution in [3.8, 4) is 5.69 Å². The van der Waals surface area contributed by atoms with Crippen LogP contribution < -0.4 is 5.32 Å². The zero-order valence-corrected chi connectivity index (χ0v) is 19.3. The van der Waals surface area contributed by atoms with Gasteiger partial charge in [0.15, 0.2) is 5.82 Å². The molecule has 5 nitrogen and oxygen atoms in total. The third kappa shape index (κ3) is 7.09. The predicted octanol–water partition coefficient (Wildman–Crippen LogP) is 5.20. The van der Waals surface area contributed by atoms with Crippen LogP contribution in [0.4, 0.5) is 19.0 Å². The number of likely N-dealkylation sites (N-methyl/N-ethyl adjacent to an activating group) is 1. The van der Waals surface area contributed by atoms with Crippen LogP contribution in [0.5, 0.6) is 0 Å². The molecule has 2 heterocycles. The maximum Gasteiger partial charge on any atom is 0.242 e. The lowest BCUT2D eigenvalue weighted by Gasteiger charge is -2.30. The van der Waals surface area contributed by atoms with Crippen LogP contribution in [-0.2, 0) is 6.42 Å². The Morgan fingerprint density at radius 1 is 1.26 bits per heavy atom. The van der Waals surface area contributed by atoms with E-state index in [2.05, 4.69) is 15.4 Å². The highest BCUT2D eigenvalue weighted by atomic mass is 19.3. The molecule has 172 valence electrons. The minimum atomic E-state index is -2.42. The van der Waals surface area contributed by atoms with E-state index < -0.39 is 12.6 Å². The van der Waals surface area contributed by atoms with Crippen molar-refractivity contribution < 1.29 is 13.2 Å². The van der Waals surface area contributed by atoms with Gasteiger partial charge in [-0.2, -0.15) is 0 Å². The van der Waals surface area contributed by atoms with Crippen molar-refractivity contribution in [2.24, 2.45) is 4.99 Å². The van der Waals surface area contributed by atoms with E-state index in [1.165, 1.54) is 0 Å². The van der Waals surface area contributed by atoms with E-state index >= 15 is 0 Å². The van der Waals surface area contributed by atoms with Crippen LogP contribution in [-0.4, -0.2) is 59.3 Å². The highest BCUT2D eigenvalue weighted by Crippen LogP contribution is 2.23. The highest BCUT2D eigenvalue weighted by molar-refractivity contribution is 5.93. The summed E-state index contributed by atoms with van der Waals surface area (Å²) in [6, 6.07) is 5.36. The molecule has 31 heavy (non-hydrogen) atoms. The first-order chi connectivity index (χ1) is 14.7. The topological polar surface area (TPSA) is 45.4 Å². The Labute approximate surface area is 183 Å². The van der Waals surface area contributed by atoms with Gasteiger partial charge < -0.3 is 10.2 Å². The predicted molar refractivity (Wildman–Crippen MR) is 122 cm³/mol. The molecule has 1 aromatic carbocycles. The van der Waals surface area contributed by atoms with Crippen LogP contribution in [0.2, 0.25) is 0 Å². The number of anilines is 1. The number of aryl methyl sites for hydroxylation is 2. The fourth-order valence-electron chi connectivity index (χ4n) is 3.76. The number of aliphatic imine (C=N–C) groups is 1. The molecular formula is C23H34F3N5. The first-order valence-electron chi connectivity index (χ1n) is 10.8. The van der Waals surface area contributed by atoms with Gasteiger partial charge in [-0.1, -0.05) is 31.5 Å². The summed E-state index contributed by atoms with van der Waals surface area (Å²) in [5.41, 5.74) is 2.99. The zero-order chi connectivity index (χ0) is 23.1. The normalized spacial score (nSPS) is 19.9. The van der Waals surface area contributed by atoms with E-state index in [9.17, 15) is 13.2 Å². The highest BCUT2D eigenvalue weighted by Gasteiger charge is 2.24. The summed E-state index contributed by atoms with van der Waals surface area (Å²) < 4.78 is 41.4. The van der Waals surface area contributed by atoms with Gasteiger partial charge in [-0.3, -0.25) is 4.99 Å². The molecule has 1 aliphatic rings. The van der Waals surface area contributed by atoms with Gasteiger partial charge in [0.1, 0.15) is 6.17 Å². The van der Waals surface area contributed by atoms with Gasteiger partial charge in [-0.05, 0) is 39.4 Å². The number of alkyl halides is 3. The fraction of sp³-hybridized carbons (Fsp3) is 0.565. The number of piperidine rings is 1. The average Bonchev–Trinajstić information content (AvgIpc) is 3.02. The van der Waals surface area contributed by atoms with Gasteiger partial charge in [0, 0.05) is 37.7 Å². The van der Waals surface area contributed by atoms with Crippen molar-refractivity contribution in [2.75, 3.05) is 25.5 Å². The largest absolute Gasteiger partial charge is 0.327 e. The van der Waals surface area contributed by atoms with Crippen LogP contribution in [0, 0.1) is 13.8 Å². The van der Waals surface area contributed by atoms with Crippen molar-refractivity contribution >= 4 is 11.7 Å². The lowest BCUT2D eigenvalue weighted by molar-refractivity contribution is 0.148. The molecule has 2 aromatic rings. The lowest BCUT2D eigenvalue weighted by atomic mass is 10.1. The molecular weight excluding hydrogens is 403 g/mol. The first kappa shape index (κ1) is 24.9. The van der Waals surface area contributed by atoms with Crippen molar-refractivity contribution in [2.45, 2.75) is 66.1 Å². The number of halogens is 3. The number of nitrogens with one attached hydrogen (secondary N) is 1. The molecule has 1 unspecified atom stereocenters. The monoisotopic (exact) mass is 437 g/mol. The Balaban J connectivity index is 0.00000166. The van der Waals surface area contributed by atoms with Crippen LogP contribution in [0.1, 0.15) is 43.9 Å². The molecule has 1 aliphatic heterocycles. The Morgan fingerprint density at radius 3 is 2.61 bits per heavy atom. The van der Waals surface area contributed by atoms with E-state index in [-0.39, 0.29) is 12.5 Å². The number of aromatic nitrogens is 2. The molecule has 1 N–H and O–H groups in total. The Bertz CT molecular complexity index is 868. The minimum Gasteiger partial charge on any atom is -0.327 e. The van der Waals surface area contributed by atoms with Gasteiger partial charge in [0.25, 0.3) is 0 Å². The molecule has 1 saturated heterocycles. The summed E-state index contributed by atoms with van der Waals surface area (Å²) in [6.07, 6.45) is -1.39. The number of likely N-dealkylation sites (tertiary alicyclic amines) is 1. The van der Waals surface area contributed by atoms with Crippen LogP contribution in [0.25, 0.3) is 5.69 Å². The lowest BCUT2D eigenvalue weighted by Crippen LogP contribution is -2.41. The van der Waals surface area contributed by atoms with Crippen LogP contribution in [0.15, 0.2) is 29.4 Å². The molecule has 3 rings (SSSR count). The van der Waals surface area contributed by atoms with Crippen molar-refractivity contribution in [1.29, 1.82) is 0 Å². The Hall–Kier alpha value is -2.35. The summed E-state index contributed by atoms with van der Waals surface area (Å²) in [6.45, 7) is 10.8. The molecule has 1 aromatic heterocycles. The molecule has 1 fully saturated rings.